The molecule has 7 heteroatoms. The third-order valence-corrected chi connectivity index (χ3v) is 5.97. The highest BCUT2D eigenvalue weighted by Gasteiger charge is 2.26. The molecule has 4 rings (SSSR count). The summed E-state index contributed by atoms with van der Waals surface area (Å²) in [4.78, 5) is 30.2. The Morgan fingerprint density at radius 3 is 2.53 bits per heavy atom. The van der Waals surface area contributed by atoms with Crippen LogP contribution in [0.1, 0.15) is 28.5 Å². The van der Waals surface area contributed by atoms with Crippen LogP contribution in [0.5, 0.6) is 0 Å². The van der Waals surface area contributed by atoms with Crippen molar-refractivity contribution in [3.63, 3.8) is 0 Å². The van der Waals surface area contributed by atoms with Crippen molar-refractivity contribution in [2.45, 2.75) is 26.9 Å². The van der Waals surface area contributed by atoms with Crippen LogP contribution in [0.4, 0.5) is 0 Å². The lowest BCUT2D eigenvalue weighted by Crippen LogP contribution is -2.49. The summed E-state index contributed by atoms with van der Waals surface area (Å²) in [5, 5.41) is 5.28. The van der Waals surface area contributed by atoms with Crippen LogP contribution in [0.15, 0.2) is 47.3 Å². The second kappa shape index (κ2) is 8.58. The topological polar surface area (TPSA) is 58.4 Å². The number of amides is 1. The van der Waals surface area contributed by atoms with Gasteiger partial charge in [-0.2, -0.15) is 5.10 Å². The molecule has 0 unspecified atom stereocenters. The summed E-state index contributed by atoms with van der Waals surface area (Å²) in [5.74, 6) is -0.306. The van der Waals surface area contributed by atoms with Crippen molar-refractivity contribution in [1.29, 1.82) is 0 Å². The first kappa shape index (κ1) is 20.6. The van der Waals surface area contributed by atoms with Gasteiger partial charge >= 0.3 is 0 Å². The number of hydrogen-bond acceptors (Lipinski definition) is 4. The molecule has 0 bridgehead atoms. The molecule has 0 radical (unpaired) electrons. The van der Waals surface area contributed by atoms with Crippen LogP contribution >= 0.6 is 11.6 Å². The number of piperazine rings is 1. The predicted octanol–water partition coefficient (Wildman–Crippen LogP) is 3.34. The van der Waals surface area contributed by atoms with Crippen LogP contribution in [0.2, 0.25) is 5.02 Å². The quantitative estimate of drug-likeness (QED) is 0.644. The molecule has 156 valence electrons. The maximum Gasteiger partial charge on any atom is 0.278 e. The number of halogens is 1. The van der Waals surface area contributed by atoms with Gasteiger partial charge in [-0.25, -0.2) is 0 Å². The van der Waals surface area contributed by atoms with E-state index in [4.69, 9.17) is 11.6 Å². The van der Waals surface area contributed by atoms with Gasteiger partial charge in [0.1, 0.15) is 0 Å². The van der Waals surface area contributed by atoms with Crippen molar-refractivity contribution < 1.29 is 4.79 Å². The van der Waals surface area contributed by atoms with Crippen LogP contribution < -0.4 is 5.43 Å². The first-order chi connectivity index (χ1) is 14.5. The second-order valence-electron chi connectivity index (χ2n) is 7.65. The van der Waals surface area contributed by atoms with Crippen LogP contribution in [0.3, 0.4) is 0 Å². The lowest BCUT2D eigenvalue weighted by atomic mass is 10.1. The van der Waals surface area contributed by atoms with E-state index in [1.54, 1.807) is 27.8 Å². The zero-order valence-electron chi connectivity index (χ0n) is 17.3. The highest BCUT2D eigenvalue weighted by atomic mass is 35.5. The summed E-state index contributed by atoms with van der Waals surface area (Å²) in [6.45, 7) is 8.16. The third kappa shape index (κ3) is 3.98. The van der Waals surface area contributed by atoms with Crippen molar-refractivity contribution >= 4 is 28.4 Å². The molecular weight excluding hydrogens is 400 g/mol. The van der Waals surface area contributed by atoms with Gasteiger partial charge in [-0.3, -0.25) is 19.2 Å². The Morgan fingerprint density at radius 1 is 1.10 bits per heavy atom. The number of aromatic nitrogens is 2. The van der Waals surface area contributed by atoms with Gasteiger partial charge in [0.2, 0.25) is 5.43 Å². The predicted molar refractivity (Wildman–Crippen MR) is 119 cm³/mol. The SMILES string of the molecule is CCn1nc(C(=O)N2CCN(Cc3ccccc3C)CC2)c(=O)c2cc(Cl)ccc21. The summed E-state index contributed by atoms with van der Waals surface area (Å²) in [7, 11) is 0. The van der Waals surface area contributed by atoms with Gasteiger partial charge in [0, 0.05) is 44.3 Å². The third-order valence-electron chi connectivity index (χ3n) is 5.73. The summed E-state index contributed by atoms with van der Waals surface area (Å²) < 4.78 is 1.69. The molecule has 0 saturated carbocycles. The van der Waals surface area contributed by atoms with Crippen LogP contribution in [-0.4, -0.2) is 51.7 Å². The fraction of sp³-hybridized carbons (Fsp3) is 0.348. The Labute approximate surface area is 180 Å². The number of benzene rings is 2. The van der Waals surface area contributed by atoms with Crippen molar-refractivity contribution in [3.05, 3.63) is 74.5 Å². The summed E-state index contributed by atoms with van der Waals surface area (Å²) in [6, 6.07) is 13.5. The summed E-state index contributed by atoms with van der Waals surface area (Å²) in [5.41, 5.74) is 2.88. The van der Waals surface area contributed by atoms with Crippen molar-refractivity contribution in [2.24, 2.45) is 0 Å². The lowest BCUT2D eigenvalue weighted by molar-refractivity contribution is 0.0619. The summed E-state index contributed by atoms with van der Waals surface area (Å²) in [6.07, 6.45) is 0. The van der Waals surface area contributed by atoms with Crippen molar-refractivity contribution in [2.75, 3.05) is 26.2 Å². The van der Waals surface area contributed by atoms with E-state index >= 15 is 0 Å². The largest absolute Gasteiger partial charge is 0.335 e. The number of rotatable bonds is 4. The van der Waals surface area contributed by atoms with Gasteiger partial charge in [-0.1, -0.05) is 35.9 Å². The van der Waals surface area contributed by atoms with Gasteiger partial charge in [-0.05, 0) is 43.2 Å². The number of fused-ring (bicyclic) bond motifs is 1. The normalized spacial score (nSPS) is 15.0. The fourth-order valence-corrected chi connectivity index (χ4v) is 4.10. The van der Waals surface area contributed by atoms with E-state index in [9.17, 15) is 9.59 Å². The highest BCUT2D eigenvalue weighted by molar-refractivity contribution is 6.31. The minimum Gasteiger partial charge on any atom is -0.335 e. The first-order valence-corrected chi connectivity index (χ1v) is 10.6. The minimum absolute atomic E-state index is 0.0287. The van der Waals surface area contributed by atoms with E-state index in [2.05, 4.69) is 35.1 Å². The molecule has 0 atom stereocenters. The maximum absolute atomic E-state index is 13.1. The molecule has 2 heterocycles. The lowest BCUT2D eigenvalue weighted by Gasteiger charge is -2.34. The molecule has 30 heavy (non-hydrogen) atoms. The van der Waals surface area contributed by atoms with E-state index in [0.717, 1.165) is 19.6 Å². The van der Waals surface area contributed by atoms with Crippen LogP contribution in [-0.2, 0) is 13.1 Å². The van der Waals surface area contributed by atoms with Gasteiger partial charge < -0.3 is 4.90 Å². The molecule has 1 amide bonds. The number of hydrogen-bond donors (Lipinski definition) is 0. The zero-order chi connectivity index (χ0) is 21.3. The Morgan fingerprint density at radius 2 is 1.83 bits per heavy atom. The molecule has 1 aromatic heterocycles. The standard InChI is InChI=1S/C23H25ClN4O2/c1-3-28-20-9-8-18(24)14-19(20)22(29)21(25-28)23(30)27-12-10-26(11-13-27)15-17-7-5-4-6-16(17)2/h4-9,14H,3,10-13,15H2,1-2H3. The van der Waals surface area contributed by atoms with E-state index in [1.165, 1.54) is 11.1 Å². The molecule has 0 N–H and O–H groups in total. The van der Waals surface area contributed by atoms with E-state index in [1.807, 2.05) is 13.0 Å². The fourth-order valence-electron chi connectivity index (χ4n) is 3.93. The van der Waals surface area contributed by atoms with Gasteiger partial charge in [0.25, 0.3) is 5.91 Å². The van der Waals surface area contributed by atoms with E-state index in [-0.39, 0.29) is 17.0 Å². The Hall–Kier alpha value is -2.70. The molecule has 1 fully saturated rings. The Balaban J connectivity index is 1.53. The van der Waals surface area contributed by atoms with Crippen molar-refractivity contribution in [3.8, 4) is 0 Å². The first-order valence-electron chi connectivity index (χ1n) is 10.2. The average Bonchev–Trinajstić information content (AvgIpc) is 2.76. The smallest absolute Gasteiger partial charge is 0.278 e. The van der Waals surface area contributed by atoms with Gasteiger partial charge in [0.15, 0.2) is 5.69 Å². The van der Waals surface area contributed by atoms with Gasteiger partial charge in [0.05, 0.1) is 10.9 Å². The molecule has 1 saturated heterocycles. The molecule has 3 aromatic rings. The minimum atomic E-state index is -0.357. The van der Waals surface area contributed by atoms with E-state index < -0.39 is 0 Å². The zero-order valence-corrected chi connectivity index (χ0v) is 18.0. The molecule has 2 aromatic carbocycles. The number of carbonyl (C=O) groups is 1. The molecular formula is C23H25ClN4O2. The number of carbonyl (C=O) groups excluding carboxylic acids is 1. The molecule has 1 aliphatic rings. The number of nitrogens with zero attached hydrogens (tertiary/aromatic N) is 4. The monoisotopic (exact) mass is 424 g/mol. The average molecular weight is 425 g/mol. The Kier molecular flexibility index (Phi) is 5.88. The van der Waals surface area contributed by atoms with Crippen molar-refractivity contribution in [1.82, 2.24) is 19.6 Å². The summed E-state index contributed by atoms with van der Waals surface area (Å²) >= 11 is 6.09. The Bertz CT molecular complexity index is 1150. The molecule has 0 aliphatic carbocycles. The van der Waals surface area contributed by atoms with Crippen LogP contribution in [0, 0.1) is 6.92 Å². The molecule has 0 spiro atoms. The second-order valence-corrected chi connectivity index (χ2v) is 8.09. The molecule has 1 aliphatic heterocycles. The molecule has 6 nitrogen and oxygen atoms in total. The van der Waals surface area contributed by atoms with Gasteiger partial charge in [-0.15, -0.1) is 0 Å². The van der Waals surface area contributed by atoms with E-state index in [0.29, 0.717) is 35.6 Å². The highest BCUT2D eigenvalue weighted by Crippen LogP contribution is 2.18. The van der Waals surface area contributed by atoms with Crippen LogP contribution in [0.25, 0.3) is 10.9 Å². The number of aryl methyl sites for hydroxylation is 2. The maximum atomic E-state index is 13.1.